The molecule has 2 atom stereocenters. The van der Waals surface area contributed by atoms with Crippen LogP contribution in [-0.2, 0) is 13.0 Å². The predicted molar refractivity (Wildman–Crippen MR) is 119 cm³/mol. The molecule has 1 N–H and O–H groups in total. The summed E-state index contributed by atoms with van der Waals surface area (Å²) >= 11 is 1.59. The molecule has 2 aromatic rings. The molecule has 2 aliphatic carbocycles. The minimum absolute atomic E-state index is 0.331. The van der Waals surface area contributed by atoms with Gasteiger partial charge >= 0.3 is 6.09 Å². The largest absolute Gasteiger partial charge is 0.496 e. The zero-order valence-corrected chi connectivity index (χ0v) is 19.4. The van der Waals surface area contributed by atoms with E-state index in [1.54, 1.807) is 18.4 Å². The maximum atomic E-state index is 12.5. The van der Waals surface area contributed by atoms with Crippen LogP contribution >= 0.6 is 11.3 Å². The Morgan fingerprint density at radius 1 is 1.33 bits per heavy atom. The molecule has 162 valence electrons. The molecule has 4 rings (SSSR count). The van der Waals surface area contributed by atoms with Crippen molar-refractivity contribution in [3.63, 3.8) is 0 Å². The Morgan fingerprint density at radius 2 is 2.10 bits per heavy atom. The number of carbonyl (C=O) groups is 1. The van der Waals surface area contributed by atoms with E-state index in [2.05, 4.69) is 39.9 Å². The zero-order chi connectivity index (χ0) is 21.6. The number of hydrogen-bond donors (Lipinski definition) is 1. The molecule has 0 bridgehead atoms. The molecule has 1 amide bonds. The highest BCUT2D eigenvalue weighted by molar-refractivity contribution is 7.14. The van der Waals surface area contributed by atoms with E-state index < -0.39 is 6.09 Å². The minimum Gasteiger partial charge on any atom is -0.496 e. The number of methoxy groups -OCH3 is 1. The summed E-state index contributed by atoms with van der Waals surface area (Å²) in [6, 6.07) is 5.67. The van der Waals surface area contributed by atoms with Crippen molar-refractivity contribution in [2.45, 2.75) is 53.5 Å². The third-order valence-electron chi connectivity index (χ3n) is 6.43. The number of hydrogen-bond acceptors (Lipinski definition) is 5. The number of nitrogens with one attached hydrogen (secondary N) is 1. The molecule has 0 aliphatic heterocycles. The Morgan fingerprint density at radius 3 is 2.80 bits per heavy atom. The predicted octanol–water partition coefficient (Wildman–Crippen LogP) is 5.68. The summed E-state index contributed by atoms with van der Waals surface area (Å²) in [5.74, 6) is 3.22. The summed E-state index contributed by atoms with van der Waals surface area (Å²) in [4.78, 5) is 13.7. The number of benzene rings is 1. The summed E-state index contributed by atoms with van der Waals surface area (Å²) in [5, 5.41) is 3.61. The highest BCUT2D eigenvalue weighted by Crippen LogP contribution is 2.72. The van der Waals surface area contributed by atoms with Crippen LogP contribution in [0.25, 0.3) is 0 Å². The number of rotatable bonds is 7. The molecule has 2 aliphatic rings. The van der Waals surface area contributed by atoms with E-state index in [0.717, 1.165) is 22.8 Å². The van der Waals surface area contributed by atoms with Gasteiger partial charge in [0.05, 0.1) is 13.7 Å². The molecule has 0 unspecified atom stereocenters. The van der Waals surface area contributed by atoms with Gasteiger partial charge in [0, 0.05) is 28.6 Å². The number of carbonyl (C=O) groups excluding carboxylic acids is 1. The average molecular weight is 430 g/mol. The van der Waals surface area contributed by atoms with Crippen LogP contribution in [0.15, 0.2) is 18.2 Å². The van der Waals surface area contributed by atoms with Crippen LogP contribution in [0, 0.1) is 24.2 Å². The van der Waals surface area contributed by atoms with Gasteiger partial charge < -0.3 is 19.5 Å². The topological polar surface area (TPSA) is 56.8 Å². The lowest BCUT2D eigenvalue weighted by Gasteiger charge is -2.14. The molecule has 0 saturated heterocycles. The van der Waals surface area contributed by atoms with Crippen LogP contribution in [0.5, 0.6) is 16.6 Å². The first kappa shape index (κ1) is 21.0. The van der Waals surface area contributed by atoms with Gasteiger partial charge in [-0.15, -0.1) is 11.3 Å². The second kappa shape index (κ2) is 7.80. The molecule has 1 aromatic carbocycles. The molecule has 30 heavy (non-hydrogen) atoms. The number of fused-ring (bicyclic) bond motifs is 3. The minimum atomic E-state index is -0.430. The Hall–Kier alpha value is -2.21. The van der Waals surface area contributed by atoms with Crippen LogP contribution in [-0.4, -0.2) is 19.8 Å². The Labute approximate surface area is 182 Å². The number of ether oxygens (including phenoxy) is 3. The van der Waals surface area contributed by atoms with Crippen LogP contribution < -0.4 is 19.5 Å². The first-order valence-electron chi connectivity index (χ1n) is 10.6. The summed E-state index contributed by atoms with van der Waals surface area (Å²) in [6.45, 7) is 12.0. The molecule has 1 fully saturated rings. The second-order valence-electron chi connectivity index (χ2n) is 9.37. The smallest absolute Gasteiger partial charge is 0.413 e. The van der Waals surface area contributed by atoms with Crippen molar-refractivity contribution in [1.82, 2.24) is 5.32 Å². The molecule has 0 spiro atoms. The monoisotopic (exact) mass is 429 g/mol. The lowest BCUT2D eigenvalue weighted by atomic mass is 9.96. The molecular weight excluding hydrogens is 398 g/mol. The quantitative estimate of drug-likeness (QED) is 0.615. The van der Waals surface area contributed by atoms with Gasteiger partial charge in [0.2, 0.25) is 0 Å². The van der Waals surface area contributed by atoms with Gasteiger partial charge in [0.25, 0.3) is 0 Å². The van der Waals surface area contributed by atoms with Gasteiger partial charge in [-0.25, -0.2) is 4.79 Å². The van der Waals surface area contributed by atoms with Crippen LogP contribution in [0.2, 0.25) is 0 Å². The SMILES string of the molecule is COc1cc(OCC(C)C)ccc1CNC(=O)Oc1sc(C)c2c1C[C@@H]1[C@H]2C1(C)C. The van der Waals surface area contributed by atoms with E-state index in [0.29, 0.717) is 42.1 Å². The summed E-state index contributed by atoms with van der Waals surface area (Å²) in [7, 11) is 1.62. The Balaban J connectivity index is 1.37. The standard InChI is InChI=1S/C24H31NO4S/c1-13(2)12-28-16-8-7-15(19(9-16)27-6)11-25-23(26)29-22-17-10-18-21(24(18,4)5)20(17)14(3)30-22/h7-9,13,18,21H,10-12H2,1-6H3,(H,25,26)/t18-,21-/m1/s1. The Bertz CT molecular complexity index is 962. The van der Waals surface area contributed by atoms with Crippen molar-refractivity contribution in [2.75, 3.05) is 13.7 Å². The average Bonchev–Trinajstić information content (AvgIpc) is 3.02. The first-order valence-corrected chi connectivity index (χ1v) is 11.4. The highest BCUT2D eigenvalue weighted by Gasteiger charge is 2.63. The van der Waals surface area contributed by atoms with E-state index in [4.69, 9.17) is 14.2 Å². The van der Waals surface area contributed by atoms with E-state index in [1.807, 2.05) is 18.2 Å². The van der Waals surface area contributed by atoms with E-state index in [9.17, 15) is 4.79 Å². The van der Waals surface area contributed by atoms with Gasteiger partial charge in [-0.2, -0.15) is 0 Å². The van der Waals surface area contributed by atoms with E-state index in [-0.39, 0.29) is 0 Å². The molecule has 1 saturated carbocycles. The summed E-state index contributed by atoms with van der Waals surface area (Å²) in [6.07, 6.45) is 0.590. The second-order valence-corrected chi connectivity index (χ2v) is 10.6. The third kappa shape index (κ3) is 3.78. The molecule has 6 heteroatoms. The normalized spacial score (nSPS) is 20.5. The fraction of sp³-hybridized carbons (Fsp3) is 0.542. The highest BCUT2D eigenvalue weighted by atomic mass is 32.1. The molecular formula is C24H31NO4S. The molecule has 1 aromatic heterocycles. The lowest BCUT2D eigenvalue weighted by molar-refractivity contribution is 0.201. The van der Waals surface area contributed by atoms with Crippen molar-refractivity contribution < 1.29 is 19.0 Å². The Kier molecular flexibility index (Phi) is 5.47. The maximum absolute atomic E-state index is 12.5. The van der Waals surface area contributed by atoms with Gasteiger partial charge in [-0.05, 0) is 54.2 Å². The first-order chi connectivity index (χ1) is 14.2. The third-order valence-corrected chi connectivity index (χ3v) is 7.47. The van der Waals surface area contributed by atoms with Gasteiger partial charge in [0.1, 0.15) is 11.5 Å². The molecule has 1 heterocycles. The summed E-state index contributed by atoms with van der Waals surface area (Å²) < 4.78 is 16.9. The maximum Gasteiger partial charge on any atom is 0.413 e. The van der Waals surface area contributed by atoms with Crippen LogP contribution in [0.1, 0.15) is 55.2 Å². The van der Waals surface area contributed by atoms with Gasteiger partial charge in [0.15, 0.2) is 5.06 Å². The van der Waals surface area contributed by atoms with Gasteiger partial charge in [-0.3, -0.25) is 0 Å². The van der Waals surface area contributed by atoms with Crippen LogP contribution in [0.4, 0.5) is 4.79 Å². The zero-order valence-electron chi connectivity index (χ0n) is 18.6. The van der Waals surface area contributed by atoms with Crippen molar-refractivity contribution >= 4 is 17.4 Å². The molecule has 5 nitrogen and oxygen atoms in total. The van der Waals surface area contributed by atoms with Gasteiger partial charge in [-0.1, -0.05) is 27.7 Å². The van der Waals surface area contributed by atoms with Crippen molar-refractivity contribution in [3.8, 4) is 16.6 Å². The van der Waals surface area contributed by atoms with Crippen molar-refractivity contribution in [3.05, 3.63) is 39.8 Å². The van der Waals surface area contributed by atoms with Crippen molar-refractivity contribution in [1.29, 1.82) is 0 Å². The van der Waals surface area contributed by atoms with Crippen LogP contribution in [0.3, 0.4) is 0 Å². The number of thiophene rings is 1. The fourth-order valence-corrected chi connectivity index (χ4v) is 5.76. The van der Waals surface area contributed by atoms with E-state index in [1.165, 1.54) is 16.0 Å². The van der Waals surface area contributed by atoms with E-state index >= 15 is 0 Å². The molecule has 0 radical (unpaired) electrons. The van der Waals surface area contributed by atoms with Crippen molar-refractivity contribution in [2.24, 2.45) is 17.3 Å². The fourth-order valence-electron chi connectivity index (χ4n) is 4.69. The number of amides is 1. The summed E-state index contributed by atoms with van der Waals surface area (Å²) in [5.41, 5.74) is 3.93. The number of aryl methyl sites for hydroxylation is 1. The lowest BCUT2D eigenvalue weighted by Crippen LogP contribution is -2.26.